The summed E-state index contributed by atoms with van der Waals surface area (Å²) in [6.45, 7) is 1.67. The molecule has 0 saturated carbocycles. The van der Waals surface area contributed by atoms with Crippen molar-refractivity contribution in [1.82, 2.24) is 15.3 Å². The molecular weight excluding hydrogens is 211 g/mol. The van der Waals surface area contributed by atoms with Gasteiger partial charge in [0.1, 0.15) is 17.6 Å². The molecule has 7 heteroatoms. The smallest absolute Gasteiger partial charge is 0.368 e. The van der Waals surface area contributed by atoms with E-state index in [1.807, 2.05) is 0 Å². The molecule has 1 atom stereocenters. The average molecular weight is 221 g/mol. The Morgan fingerprint density at radius 1 is 1.47 bits per heavy atom. The van der Waals surface area contributed by atoms with Crippen molar-refractivity contribution >= 4 is 0 Å². The Morgan fingerprint density at radius 3 is 2.80 bits per heavy atom. The monoisotopic (exact) mass is 221 g/mol. The summed E-state index contributed by atoms with van der Waals surface area (Å²) >= 11 is 0. The molecule has 0 amide bonds. The predicted molar refractivity (Wildman–Crippen MR) is 45.2 cm³/mol. The molecular formula is C8H10F3N3O. The van der Waals surface area contributed by atoms with Gasteiger partial charge in [-0.05, 0) is 0 Å². The highest BCUT2D eigenvalue weighted by Crippen LogP contribution is 2.28. The third kappa shape index (κ3) is 2.29. The number of aromatic nitrogens is 2. The Hall–Kier alpha value is -1.08. The third-order valence-corrected chi connectivity index (χ3v) is 2.13. The van der Waals surface area contributed by atoms with Gasteiger partial charge in [-0.1, -0.05) is 0 Å². The topological polar surface area (TPSA) is 49.9 Å². The van der Waals surface area contributed by atoms with Crippen LogP contribution in [0.2, 0.25) is 0 Å². The summed E-state index contributed by atoms with van der Waals surface area (Å²) in [4.78, 5) is 5.89. The number of H-pyrrole nitrogens is 1. The minimum Gasteiger partial charge on any atom is -0.368 e. The number of nitrogens with one attached hydrogen (secondary N) is 2. The van der Waals surface area contributed by atoms with Gasteiger partial charge >= 0.3 is 6.18 Å². The van der Waals surface area contributed by atoms with E-state index in [2.05, 4.69) is 15.3 Å². The van der Waals surface area contributed by atoms with Crippen molar-refractivity contribution in [2.24, 2.45) is 0 Å². The van der Waals surface area contributed by atoms with Crippen LogP contribution in [0.1, 0.15) is 17.6 Å². The SMILES string of the molecule is FC(F)(F)c1cnc(C2CNCCO2)[nH]1. The van der Waals surface area contributed by atoms with E-state index in [4.69, 9.17) is 4.74 Å². The second-order valence-corrected chi connectivity index (χ2v) is 3.24. The van der Waals surface area contributed by atoms with E-state index in [0.29, 0.717) is 19.7 Å². The molecule has 84 valence electrons. The van der Waals surface area contributed by atoms with Crippen molar-refractivity contribution in [3.05, 3.63) is 17.7 Å². The van der Waals surface area contributed by atoms with Crippen LogP contribution in [0, 0.1) is 0 Å². The van der Waals surface area contributed by atoms with Crippen molar-refractivity contribution in [2.45, 2.75) is 12.3 Å². The second kappa shape index (κ2) is 3.82. The largest absolute Gasteiger partial charge is 0.432 e. The van der Waals surface area contributed by atoms with Crippen LogP contribution < -0.4 is 5.32 Å². The van der Waals surface area contributed by atoms with Gasteiger partial charge in [-0.15, -0.1) is 0 Å². The van der Waals surface area contributed by atoms with Gasteiger partial charge in [-0.3, -0.25) is 0 Å². The summed E-state index contributed by atoms with van der Waals surface area (Å²) in [7, 11) is 0. The number of halogens is 3. The van der Waals surface area contributed by atoms with Crippen LogP contribution in [-0.4, -0.2) is 29.7 Å². The first kappa shape index (κ1) is 10.4. The fourth-order valence-corrected chi connectivity index (χ4v) is 1.39. The van der Waals surface area contributed by atoms with Crippen LogP contribution in [0.15, 0.2) is 6.20 Å². The lowest BCUT2D eigenvalue weighted by atomic mass is 10.3. The van der Waals surface area contributed by atoms with Crippen LogP contribution >= 0.6 is 0 Å². The number of rotatable bonds is 1. The number of morpholine rings is 1. The van der Waals surface area contributed by atoms with Gasteiger partial charge in [0.05, 0.1) is 12.8 Å². The molecule has 15 heavy (non-hydrogen) atoms. The molecule has 1 aromatic rings. The highest BCUT2D eigenvalue weighted by Gasteiger charge is 2.34. The standard InChI is InChI=1S/C8H10F3N3O/c9-8(10,11)6-4-13-7(14-6)5-3-12-1-2-15-5/h4-5,12H,1-3H2,(H,13,14). The van der Waals surface area contributed by atoms with Crippen LogP contribution in [0.25, 0.3) is 0 Å². The molecule has 1 unspecified atom stereocenters. The maximum atomic E-state index is 12.2. The van der Waals surface area contributed by atoms with E-state index in [1.54, 1.807) is 0 Å². The molecule has 0 aliphatic carbocycles. The first-order valence-corrected chi connectivity index (χ1v) is 4.52. The van der Waals surface area contributed by atoms with Crippen LogP contribution in [0.5, 0.6) is 0 Å². The molecule has 4 nitrogen and oxygen atoms in total. The molecule has 0 radical (unpaired) electrons. The van der Waals surface area contributed by atoms with Gasteiger partial charge in [0.15, 0.2) is 0 Å². The lowest BCUT2D eigenvalue weighted by molar-refractivity contribution is -0.141. The highest BCUT2D eigenvalue weighted by molar-refractivity contribution is 5.07. The predicted octanol–water partition coefficient (Wildman–Crippen LogP) is 1.09. The number of hydrogen-bond acceptors (Lipinski definition) is 3. The minimum absolute atomic E-state index is 0.217. The number of imidazole rings is 1. The zero-order valence-corrected chi connectivity index (χ0v) is 7.77. The van der Waals surface area contributed by atoms with Crippen LogP contribution in [-0.2, 0) is 10.9 Å². The summed E-state index contributed by atoms with van der Waals surface area (Å²) in [5.41, 5.74) is -0.841. The Labute approximate surface area is 83.8 Å². The summed E-state index contributed by atoms with van der Waals surface area (Å²) in [5.74, 6) is 0.217. The van der Waals surface area contributed by atoms with Gasteiger partial charge in [0.25, 0.3) is 0 Å². The molecule has 1 aliphatic heterocycles. The molecule has 0 spiro atoms. The molecule has 2 heterocycles. The number of hydrogen-bond donors (Lipinski definition) is 2. The van der Waals surface area contributed by atoms with Gasteiger partial charge < -0.3 is 15.0 Å². The molecule has 0 aromatic carbocycles. The summed E-state index contributed by atoms with van der Waals surface area (Å²) in [6, 6.07) is 0. The van der Waals surface area contributed by atoms with Crippen molar-refractivity contribution in [1.29, 1.82) is 0 Å². The highest BCUT2D eigenvalue weighted by atomic mass is 19.4. The Bertz CT molecular complexity index is 330. The first-order valence-electron chi connectivity index (χ1n) is 4.52. The lowest BCUT2D eigenvalue weighted by Gasteiger charge is -2.21. The van der Waals surface area contributed by atoms with Crippen molar-refractivity contribution in [3.63, 3.8) is 0 Å². The molecule has 1 saturated heterocycles. The fourth-order valence-electron chi connectivity index (χ4n) is 1.39. The fraction of sp³-hybridized carbons (Fsp3) is 0.625. The van der Waals surface area contributed by atoms with Gasteiger partial charge in [0.2, 0.25) is 0 Å². The molecule has 1 aliphatic rings. The van der Waals surface area contributed by atoms with E-state index in [9.17, 15) is 13.2 Å². The third-order valence-electron chi connectivity index (χ3n) is 2.13. The zero-order valence-electron chi connectivity index (χ0n) is 7.77. The maximum absolute atomic E-state index is 12.2. The first-order chi connectivity index (χ1) is 7.07. The molecule has 2 N–H and O–H groups in total. The van der Waals surface area contributed by atoms with Crippen molar-refractivity contribution < 1.29 is 17.9 Å². The number of aromatic amines is 1. The van der Waals surface area contributed by atoms with Gasteiger partial charge in [-0.2, -0.15) is 13.2 Å². The van der Waals surface area contributed by atoms with Gasteiger partial charge in [-0.25, -0.2) is 4.98 Å². The van der Waals surface area contributed by atoms with Crippen molar-refractivity contribution in [3.8, 4) is 0 Å². The van der Waals surface area contributed by atoms with E-state index >= 15 is 0 Å². The van der Waals surface area contributed by atoms with E-state index in [1.165, 1.54) is 0 Å². The summed E-state index contributed by atoms with van der Waals surface area (Å²) < 4.78 is 42.0. The Kier molecular flexibility index (Phi) is 2.66. The number of ether oxygens (including phenoxy) is 1. The normalized spacial score (nSPS) is 23.0. The van der Waals surface area contributed by atoms with E-state index < -0.39 is 18.0 Å². The Balaban J connectivity index is 2.12. The van der Waals surface area contributed by atoms with Gasteiger partial charge in [0, 0.05) is 13.1 Å². The second-order valence-electron chi connectivity index (χ2n) is 3.24. The molecule has 1 aromatic heterocycles. The number of nitrogens with zero attached hydrogens (tertiary/aromatic N) is 1. The zero-order chi connectivity index (χ0) is 10.9. The summed E-state index contributed by atoms with van der Waals surface area (Å²) in [6.07, 6.45) is -4.02. The summed E-state index contributed by atoms with van der Waals surface area (Å²) in [5, 5.41) is 3.02. The molecule has 2 rings (SSSR count). The van der Waals surface area contributed by atoms with Crippen LogP contribution in [0.4, 0.5) is 13.2 Å². The molecule has 1 fully saturated rings. The van der Waals surface area contributed by atoms with E-state index in [0.717, 1.165) is 6.20 Å². The molecule has 0 bridgehead atoms. The number of alkyl halides is 3. The lowest BCUT2D eigenvalue weighted by Crippen LogP contribution is -2.33. The van der Waals surface area contributed by atoms with E-state index in [-0.39, 0.29) is 5.82 Å². The minimum atomic E-state index is -4.38. The quantitative estimate of drug-likeness (QED) is 0.746. The average Bonchev–Trinajstić information content (AvgIpc) is 2.67. The Morgan fingerprint density at radius 2 is 2.27 bits per heavy atom. The van der Waals surface area contributed by atoms with Crippen LogP contribution in [0.3, 0.4) is 0 Å². The van der Waals surface area contributed by atoms with Crippen molar-refractivity contribution in [2.75, 3.05) is 19.7 Å². The maximum Gasteiger partial charge on any atom is 0.432 e.